The van der Waals surface area contributed by atoms with Crippen LogP contribution in [0.15, 0.2) is 68.0 Å². The summed E-state index contributed by atoms with van der Waals surface area (Å²) >= 11 is 10.4. The van der Waals surface area contributed by atoms with Crippen LogP contribution in [0, 0.1) is 26.6 Å². The summed E-state index contributed by atoms with van der Waals surface area (Å²) in [7, 11) is 1.77. The summed E-state index contributed by atoms with van der Waals surface area (Å²) < 4.78 is 13.4. The number of hydrogen-bond donors (Lipinski definition) is 3. The van der Waals surface area contributed by atoms with Gasteiger partial charge in [0, 0.05) is 40.7 Å². The smallest absolute Gasteiger partial charge is 0.196 e. The molecule has 186 valence electrons. The van der Waals surface area contributed by atoms with Gasteiger partial charge in [-0.25, -0.2) is 4.39 Å². The van der Waals surface area contributed by atoms with E-state index in [-0.39, 0.29) is 17.9 Å². The van der Waals surface area contributed by atoms with Crippen molar-refractivity contribution in [1.29, 1.82) is 0 Å². The molecule has 2 atom stereocenters. The van der Waals surface area contributed by atoms with Crippen molar-refractivity contribution in [2.45, 2.75) is 39.3 Å². The van der Waals surface area contributed by atoms with Gasteiger partial charge < -0.3 is 16.0 Å². The van der Waals surface area contributed by atoms with Crippen LogP contribution < -0.4 is 16.0 Å². The van der Waals surface area contributed by atoms with Crippen LogP contribution in [-0.2, 0) is 6.42 Å². The zero-order valence-corrected chi connectivity index (χ0v) is 22.8. The molecule has 5 nitrogen and oxygen atoms in total. The maximum absolute atomic E-state index is 13.4. The van der Waals surface area contributed by atoms with Crippen LogP contribution in [-0.4, -0.2) is 18.8 Å². The fourth-order valence-corrected chi connectivity index (χ4v) is 6.91. The van der Waals surface area contributed by atoms with E-state index in [2.05, 4.69) is 52.5 Å². The van der Waals surface area contributed by atoms with Crippen LogP contribution in [0.1, 0.15) is 49.7 Å². The molecule has 2 unspecified atom stereocenters. The van der Waals surface area contributed by atoms with Crippen LogP contribution in [0.3, 0.4) is 0 Å². The van der Waals surface area contributed by atoms with Crippen LogP contribution >= 0.6 is 34.3 Å². The zero-order valence-electron chi connectivity index (χ0n) is 20.4. The second kappa shape index (κ2) is 10.2. The predicted octanol–water partition coefficient (Wildman–Crippen LogP) is 6.39. The van der Waals surface area contributed by atoms with Gasteiger partial charge in [0.1, 0.15) is 23.7 Å². The van der Waals surface area contributed by atoms with Crippen LogP contribution in [0.25, 0.3) is 0 Å². The number of nitrogens with zero attached hydrogens (tertiary/aromatic N) is 2. The Morgan fingerprint density at radius 3 is 2.50 bits per heavy atom. The molecule has 0 saturated carbocycles. The first-order valence-corrected chi connectivity index (χ1v) is 13.8. The van der Waals surface area contributed by atoms with Crippen molar-refractivity contribution in [3.63, 3.8) is 0 Å². The van der Waals surface area contributed by atoms with Gasteiger partial charge in [-0.05, 0) is 84.1 Å². The zero-order chi connectivity index (χ0) is 25.4. The topological polar surface area (TPSA) is 60.8 Å². The number of halogens is 2. The van der Waals surface area contributed by atoms with E-state index >= 15 is 0 Å². The van der Waals surface area contributed by atoms with Crippen molar-refractivity contribution >= 4 is 46.1 Å². The summed E-state index contributed by atoms with van der Waals surface area (Å²) in [6.07, 6.45) is 4.62. The van der Waals surface area contributed by atoms with E-state index in [0.717, 1.165) is 22.1 Å². The van der Waals surface area contributed by atoms with Gasteiger partial charge >= 0.3 is 0 Å². The second-order valence-electron chi connectivity index (χ2n) is 8.87. The normalized spacial score (nSPS) is 20.7. The molecule has 5 rings (SSSR count). The van der Waals surface area contributed by atoms with Crippen LogP contribution in [0.2, 0.25) is 0 Å². The molecule has 0 aliphatic carbocycles. The molecule has 0 radical (unpaired) electrons. The Labute approximate surface area is 223 Å². The van der Waals surface area contributed by atoms with E-state index in [4.69, 9.17) is 16.6 Å². The molecule has 0 bridgehead atoms. The van der Waals surface area contributed by atoms with Crippen molar-refractivity contribution in [3.05, 3.63) is 101 Å². The minimum atomic E-state index is -0.261. The molecular formula is C27H27ClFN5S2. The third kappa shape index (κ3) is 4.73. The number of nitrogens with one attached hydrogen (secondary N) is 3. The Morgan fingerprint density at radius 2 is 1.81 bits per heavy atom. The van der Waals surface area contributed by atoms with Crippen molar-refractivity contribution in [1.82, 2.24) is 16.0 Å². The molecule has 36 heavy (non-hydrogen) atoms. The summed E-state index contributed by atoms with van der Waals surface area (Å²) in [5.41, 5.74) is 6.74. The fraction of sp³-hybridized carbons (Fsp3) is 0.259. The highest BCUT2D eigenvalue weighted by Gasteiger charge is 2.29. The molecule has 4 heterocycles. The van der Waals surface area contributed by atoms with E-state index in [1.54, 1.807) is 41.9 Å². The Kier molecular flexibility index (Phi) is 7.01. The molecule has 2 aliphatic heterocycles. The third-order valence-corrected chi connectivity index (χ3v) is 9.52. The molecule has 3 aromatic rings. The first-order valence-electron chi connectivity index (χ1n) is 11.6. The number of benzene rings is 1. The summed E-state index contributed by atoms with van der Waals surface area (Å²) in [5, 5.41) is 15.1. The minimum absolute atomic E-state index is 0.104. The minimum Gasteiger partial charge on any atom is -0.347 e. The third-order valence-electron chi connectivity index (χ3n) is 6.60. The SMILES string of the molecule is CN=C1NC(Cc2csc(C3C=CNC(c4ccc(F)cc4)=N3)c2C)=C(Cl)C(c2scc(C)c2C)N1. The number of hydrogen-bond acceptors (Lipinski definition) is 5. The monoisotopic (exact) mass is 539 g/mol. The lowest BCUT2D eigenvalue weighted by molar-refractivity contribution is 0.627. The standard InChI is InChI=1S/C27H27ClFN5S2/c1-14-12-35-25(15(14)2)23-22(28)21(33-27(30-4)34-23)11-18-13-36-24(16(18)3)20-9-10-31-26(32-20)17-5-7-19(29)8-6-17/h5-10,12-13,20,23H,11H2,1-4H3,(H,31,32)(H2,30,33,34). The molecule has 2 aromatic heterocycles. The maximum atomic E-state index is 13.4. The molecule has 0 amide bonds. The molecule has 0 saturated heterocycles. The van der Waals surface area contributed by atoms with Gasteiger partial charge in [-0.3, -0.25) is 9.98 Å². The number of guanidine groups is 1. The van der Waals surface area contributed by atoms with E-state index < -0.39 is 0 Å². The molecule has 1 aromatic carbocycles. The Morgan fingerprint density at radius 1 is 1.06 bits per heavy atom. The Bertz CT molecular complexity index is 1410. The largest absolute Gasteiger partial charge is 0.347 e. The fourth-order valence-electron chi connectivity index (χ4n) is 4.33. The summed E-state index contributed by atoms with van der Waals surface area (Å²) in [6, 6.07) is 6.15. The number of thiophene rings is 2. The average molecular weight is 540 g/mol. The lowest BCUT2D eigenvalue weighted by Crippen LogP contribution is -2.44. The van der Waals surface area contributed by atoms with Crippen molar-refractivity contribution in [2.75, 3.05) is 7.05 Å². The predicted molar refractivity (Wildman–Crippen MR) is 150 cm³/mol. The van der Waals surface area contributed by atoms with Gasteiger partial charge in [0.2, 0.25) is 0 Å². The van der Waals surface area contributed by atoms with Gasteiger partial charge in [0.25, 0.3) is 0 Å². The molecule has 2 aliphatic rings. The van der Waals surface area contributed by atoms with Gasteiger partial charge in [0.05, 0.1) is 5.03 Å². The quantitative estimate of drug-likeness (QED) is 0.352. The maximum Gasteiger partial charge on any atom is 0.196 e. The first kappa shape index (κ1) is 24.7. The molecule has 0 spiro atoms. The number of aliphatic imine (C=N–C) groups is 2. The Balaban J connectivity index is 1.43. The highest BCUT2D eigenvalue weighted by molar-refractivity contribution is 7.10. The van der Waals surface area contributed by atoms with Crippen LogP contribution in [0.4, 0.5) is 4.39 Å². The van der Waals surface area contributed by atoms with Gasteiger partial charge in [0.15, 0.2) is 5.96 Å². The number of aryl methyl sites for hydroxylation is 1. The van der Waals surface area contributed by atoms with Crippen LogP contribution in [0.5, 0.6) is 0 Å². The van der Waals surface area contributed by atoms with E-state index in [1.807, 2.05) is 12.3 Å². The van der Waals surface area contributed by atoms with Crippen molar-refractivity contribution in [2.24, 2.45) is 9.98 Å². The molecule has 0 fully saturated rings. The summed E-state index contributed by atoms with van der Waals surface area (Å²) in [4.78, 5) is 11.7. The lowest BCUT2D eigenvalue weighted by atomic mass is 10.0. The number of allylic oxidation sites excluding steroid dienone is 1. The summed E-state index contributed by atoms with van der Waals surface area (Å²) in [6.45, 7) is 6.40. The first-order chi connectivity index (χ1) is 17.4. The molecule has 9 heteroatoms. The summed E-state index contributed by atoms with van der Waals surface area (Å²) in [5.74, 6) is 1.19. The lowest BCUT2D eigenvalue weighted by Gasteiger charge is -2.29. The highest BCUT2D eigenvalue weighted by Crippen LogP contribution is 2.38. The number of rotatable bonds is 5. The second-order valence-corrected chi connectivity index (χ2v) is 11.1. The highest BCUT2D eigenvalue weighted by atomic mass is 35.5. The van der Waals surface area contributed by atoms with Gasteiger partial charge in [-0.1, -0.05) is 11.6 Å². The van der Waals surface area contributed by atoms with Crippen molar-refractivity contribution < 1.29 is 4.39 Å². The Hall–Kier alpha value is -2.94. The number of amidine groups is 1. The van der Waals surface area contributed by atoms with Crippen molar-refractivity contribution in [3.8, 4) is 0 Å². The molecule has 3 N–H and O–H groups in total. The van der Waals surface area contributed by atoms with Gasteiger partial charge in [-0.15, -0.1) is 22.7 Å². The van der Waals surface area contributed by atoms with E-state index in [9.17, 15) is 4.39 Å². The van der Waals surface area contributed by atoms with E-state index in [0.29, 0.717) is 12.4 Å². The average Bonchev–Trinajstić information content (AvgIpc) is 3.42. The van der Waals surface area contributed by atoms with E-state index in [1.165, 1.54) is 44.1 Å². The van der Waals surface area contributed by atoms with Gasteiger partial charge in [-0.2, -0.15) is 0 Å². The molecular weight excluding hydrogens is 513 g/mol.